The van der Waals surface area contributed by atoms with Crippen molar-refractivity contribution in [2.45, 2.75) is 19.0 Å². The van der Waals surface area contributed by atoms with E-state index in [1.807, 2.05) is 58.7 Å². The summed E-state index contributed by atoms with van der Waals surface area (Å²) in [7, 11) is 1.62. The second-order valence-electron chi connectivity index (χ2n) is 6.30. The van der Waals surface area contributed by atoms with Crippen molar-refractivity contribution < 1.29 is 9.53 Å². The van der Waals surface area contributed by atoms with Crippen molar-refractivity contribution in [3.05, 3.63) is 65.2 Å². The van der Waals surface area contributed by atoms with Gasteiger partial charge in [0.05, 0.1) is 18.6 Å². The normalized spacial score (nSPS) is 11.0. The summed E-state index contributed by atoms with van der Waals surface area (Å²) in [5, 5.41) is 11.6. The Morgan fingerprint density at radius 1 is 1.28 bits per heavy atom. The number of carbonyl (C=O) groups excluding carboxylic acids is 1. The highest BCUT2D eigenvalue weighted by molar-refractivity contribution is 7.99. The average Bonchev–Trinajstić information content (AvgIpc) is 3.47. The number of para-hydroxylation sites is 2. The van der Waals surface area contributed by atoms with Gasteiger partial charge in [-0.15, -0.1) is 21.5 Å². The Morgan fingerprint density at radius 2 is 2.10 bits per heavy atom. The molecule has 1 aromatic carbocycles. The first kappa shape index (κ1) is 19.4. The van der Waals surface area contributed by atoms with Gasteiger partial charge in [-0.25, -0.2) is 4.98 Å². The van der Waals surface area contributed by atoms with Crippen LogP contribution >= 0.6 is 23.1 Å². The van der Waals surface area contributed by atoms with E-state index in [0.717, 1.165) is 22.2 Å². The highest BCUT2D eigenvalue weighted by Gasteiger charge is 2.19. The molecular weight excluding hydrogens is 406 g/mol. The van der Waals surface area contributed by atoms with Gasteiger partial charge in [-0.2, -0.15) is 0 Å². The fourth-order valence-electron chi connectivity index (χ4n) is 3.19. The molecule has 4 aromatic rings. The smallest absolute Gasteiger partial charge is 0.196 e. The lowest BCUT2D eigenvalue weighted by atomic mass is 10.2. The zero-order valence-corrected chi connectivity index (χ0v) is 17.8. The Labute approximate surface area is 176 Å². The van der Waals surface area contributed by atoms with Crippen molar-refractivity contribution in [3.63, 3.8) is 0 Å². The maximum Gasteiger partial charge on any atom is 0.196 e. The van der Waals surface area contributed by atoms with Gasteiger partial charge < -0.3 is 4.74 Å². The standard InChI is InChI=1S/C20H19N5O2S2/c1-13-10-15(14(2)25(13)19-21-8-9-28-19)17(26)11-29-20-23-22-12-24(20)16-6-4-5-7-18(16)27-3/h4-10,12H,11H2,1-3H3. The van der Waals surface area contributed by atoms with Crippen molar-refractivity contribution in [2.24, 2.45) is 0 Å². The Kier molecular flexibility index (Phi) is 5.50. The van der Waals surface area contributed by atoms with Crippen molar-refractivity contribution in [2.75, 3.05) is 12.9 Å². The summed E-state index contributed by atoms with van der Waals surface area (Å²) in [6.07, 6.45) is 3.39. The van der Waals surface area contributed by atoms with Crippen LogP contribution < -0.4 is 4.74 Å². The van der Waals surface area contributed by atoms with Crippen LogP contribution in [0.15, 0.2) is 53.4 Å². The van der Waals surface area contributed by atoms with Gasteiger partial charge in [-0.1, -0.05) is 23.9 Å². The lowest BCUT2D eigenvalue weighted by molar-refractivity contribution is 0.102. The molecule has 9 heteroatoms. The molecule has 7 nitrogen and oxygen atoms in total. The van der Waals surface area contributed by atoms with Gasteiger partial charge in [-0.3, -0.25) is 13.9 Å². The molecule has 0 spiro atoms. The number of ether oxygens (including phenoxy) is 1. The molecule has 148 valence electrons. The summed E-state index contributed by atoms with van der Waals surface area (Å²) in [6, 6.07) is 9.55. The Balaban J connectivity index is 1.55. The van der Waals surface area contributed by atoms with Crippen LogP contribution in [0.1, 0.15) is 21.7 Å². The number of rotatable bonds is 7. The number of thioether (sulfide) groups is 1. The summed E-state index contributed by atoms with van der Waals surface area (Å²) in [4.78, 5) is 17.3. The third-order valence-corrected chi connectivity index (χ3v) is 6.24. The van der Waals surface area contributed by atoms with Gasteiger partial charge in [0.1, 0.15) is 12.1 Å². The number of hydrogen-bond donors (Lipinski definition) is 0. The molecule has 0 aliphatic heterocycles. The molecule has 0 saturated carbocycles. The third kappa shape index (κ3) is 3.70. The maximum atomic E-state index is 12.9. The molecule has 0 aliphatic carbocycles. The zero-order valence-electron chi connectivity index (χ0n) is 16.2. The minimum Gasteiger partial charge on any atom is -0.495 e. The molecule has 0 saturated heterocycles. The van der Waals surface area contributed by atoms with Gasteiger partial charge in [-0.05, 0) is 32.0 Å². The van der Waals surface area contributed by atoms with Crippen LogP contribution in [0.4, 0.5) is 0 Å². The quantitative estimate of drug-likeness (QED) is 0.328. The summed E-state index contributed by atoms with van der Waals surface area (Å²) in [6.45, 7) is 3.93. The summed E-state index contributed by atoms with van der Waals surface area (Å²) in [5.41, 5.74) is 3.42. The molecule has 29 heavy (non-hydrogen) atoms. The number of aromatic nitrogens is 5. The van der Waals surface area contributed by atoms with E-state index in [1.165, 1.54) is 11.8 Å². The van der Waals surface area contributed by atoms with Crippen LogP contribution in [0.2, 0.25) is 0 Å². The maximum absolute atomic E-state index is 12.9. The highest BCUT2D eigenvalue weighted by Crippen LogP contribution is 2.28. The van der Waals surface area contributed by atoms with Crippen LogP contribution in [-0.4, -0.2) is 43.0 Å². The van der Waals surface area contributed by atoms with E-state index in [9.17, 15) is 4.79 Å². The minimum absolute atomic E-state index is 0.0421. The molecule has 0 atom stereocenters. The van der Waals surface area contributed by atoms with Crippen LogP contribution in [0.5, 0.6) is 5.75 Å². The van der Waals surface area contributed by atoms with E-state index in [-0.39, 0.29) is 11.5 Å². The molecule has 0 unspecified atom stereocenters. The fraction of sp³-hybridized carbons (Fsp3) is 0.200. The predicted octanol–water partition coefficient (Wildman–Crippen LogP) is 4.11. The predicted molar refractivity (Wildman–Crippen MR) is 114 cm³/mol. The lowest BCUT2D eigenvalue weighted by Crippen LogP contribution is -2.06. The molecule has 3 aromatic heterocycles. The largest absolute Gasteiger partial charge is 0.495 e. The van der Waals surface area contributed by atoms with Gasteiger partial charge in [0.2, 0.25) is 0 Å². The Morgan fingerprint density at radius 3 is 2.86 bits per heavy atom. The number of aryl methyl sites for hydroxylation is 1. The molecule has 0 N–H and O–H groups in total. The molecule has 0 bridgehead atoms. The first-order valence-electron chi connectivity index (χ1n) is 8.88. The average molecular weight is 426 g/mol. The van der Waals surface area contributed by atoms with E-state index >= 15 is 0 Å². The SMILES string of the molecule is COc1ccccc1-n1cnnc1SCC(=O)c1cc(C)n(-c2nccs2)c1C. The third-order valence-electron chi connectivity index (χ3n) is 4.54. The van der Waals surface area contributed by atoms with E-state index in [0.29, 0.717) is 16.5 Å². The number of benzene rings is 1. The topological polar surface area (TPSA) is 74.8 Å². The van der Waals surface area contributed by atoms with E-state index in [2.05, 4.69) is 15.2 Å². The number of Topliss-reactive ketones (excluding diaryl/α,β-unsaturated/α-hetero) is 1. The van der Waals surface area contributed by atoms with Crippen LogP contribution in [-0.2, 0) is 0 Å². The van der Waals surface area contributed by atoms with Crippen LogP contribution in [0.3, 0.4) is 0 Å². The number of nitrogens with zero attached hydrogens (tertiary/aromatic N) is 5. The van der Waals surface area contributed by atoms with Gasteiger partial charge in [0.15, 0.2) is 16.1 Å². The monoisotopic (exact) mass is 425 g/mol. The van der Waals surface area contributed by atoms with Crippen LogP contribution in [0, 0.1) is 13.8 Å². The summed E-state index contributed by atoms with van der Waals surface area (Å²) >= 11 is 2.90. The minimum atomic E-state index is 0.0421. The number of thiazole rings is 1. The van der Waals surface area contributed by atoms with Gasteiger partial charge >= 0.3 is 0 Å². The van der Waals surface area contributed by atoms with Crippen LogP contribution in [0.25, 0.3) is 10.8 Å². The molecule has 0 fully saturated rings. The molecular formula is C20H19N5O2S2. The van der Waals surface area contributed by atoms with E-state index in [1.54, 1.807) is 31.0 Å². The summed E-state index contributed by atoms with van der Waals surface area (Å²) in [5.74, 6) is 1.02. The van der Waals surface area contributed by atoms with E-state index < -0.39 is 0 Å². The molecule has 0 radical (unpaired) electrons. The molecule has 0 amide bonds. The fourth-order valence-corrected chi connectivity index (χ4v) is 4.75. The first-order valence-corrected chi connectivity index (χ1v) is 10.7. The lowest BCUT2D eigenvalue weighted by Gasteiger charge is -2.10. The Bertz CT molecular complexity index is 1150. The second-order valence-corrected chi connectivity index (χ2v) is 8.12. The van der Waals surface area contributed by atoms with Crippen molar-refractivity contribution in [3.8, 4) is 16.6 Å². The number of carbonyl (C=O) groups is 1. The van der Waals surface area contributed by atoms with Crippen molar-refractivity contribution in [1.29, 1.82) is 0 Å². The van der Waals surface area contributed by atoms with E-state index in [4.69, 9.17) is 4.74 Å². The Hall–Kier alpha value is -2.91. The first-order chi connectivity index (χ1) is 14.1. The van der Waals surface area contributed by atoms with Crippen molar-refractivity contribution in [1.82, 2.24) is 24.3 Å². The van der Waals surface area contributed by atoms with Crippen molar-refractivity contribution >= 4 is 28.9 Å². The second kappa shape index (κ2) is 8.22. The zero-order chi connectivity index (χ0) is 20.4. The van der Waals surface area contributed by atoms with Gasteiger partial charge in [0, 0.05) is 28.5 Å². The molecule has 3 heterocycles. The highest BCUT2D eigenvalue weighted by atomic mass is 32.2. The number of methoxy groups -OCH3 is 1. The molecule has 0 aliphatic rings. The number of hydrogen-bond acceptors (Lipinski definition) is 7. The molecule has 4 rings (SSSR count). The number of ketones is 1. The summed E-state index contributed by atoms with van der Waals surface area (Å²) < 4.78 is 9.27. The van der Waals surface area contributed by atoms with Gasteiger partial charge in [0.25, 0.3) is 0 Å².